The summed E-state index contributed by atoms with van der Waals surface area (Å²) in [5.74, 6) is -0.599. The molecule has 10 heavy (non-hydrogen) atoms. The second kappa shape index (κ2) is 6.89. The Kier molecular flexibility index (Phi) is 8.58. The molecule has 0 amide bonds. The molecule has 0 heterocycles. The molecule has 0 radical (unpaired) electrons. The van der Waals surface area contributed by atoms with Gasteiger partial charge >= 0.3 is 25.8 Å². The summed E-state index contributed by atoms with van der Waals surface area (Å²) in [4.78, 5) is 20.6. The van der Waals surface area contributed by atoms with Gasteiger partial charge in [-0.3, -0.25) is 9.59 Å². The second-order valence-electron chi connectivity index (χ2n) is 1.68. The molecule has 0 spiro atoms. The summed E-state index contributed by atoms with van der Waals surface area (Å²) in [6.07, 6.45) is -0.103. The van der Waals surface area contributed by atoms with Gasteiger partial charge in [0.2, 0.25) is 0 Å². The maximum absolute atomic E-state index is 10.4. The van der Waals surface area contributed by atoms with Gasteiger partial charge in [-0.15, -0.1) is 0 Å². The summed E-state index contributed by atoms with van der Waals surface area (Å²) < 4.78 is 4.49. The van der Waals surface area contributed by atoms with Crippen LogP contribution in [0.5, 0.6) is 0 Å². The molecular formula is C6H13GaO3. The van der Waals surface area contributed by atoms with Gasteiger partial charge in [0.05, 0.1) is 6.61 Å². The fourth-order valence-electron chi connectivity index (χ4n) is 0.415. The first kappa shape index (κ1) is 12.5. The van der Waals surface area contributed by atoms with Gasteiger partial charge in [0.15, 0.2) is 0 Å². The van der Waals surface area contributed by atoms with Gasteiger partial charge in [-0.1, -0.05) is 0 Å². The summed E-state index contributed by atoms with van der Waals surface area (Å²) in [5.41, 5.74) is 0. The van der Waals surface area contributed by atoms with Crippen LogP contribution in [0.3, 0.4) is 0 Å². The number of rotatable bonds is 3. The van der Waals surface area contributed by atoms with Gasteiger partial charge in [0.25, 0.3) is 0 Å². The van der Waals surface area contributed by atoms with Crippen molar-refractivity contribution in [3.63, 3.8) is 0 Å². The van der Waals surface area contributed by atoms with Crippen LogP contribution in [0.1, 0.15) is 20.3 Å². The fourth-order valence-corrected chi connectivity index (χ4v) is 0.415. The first-order chi connectivity index (χ1) is 4.16. The zero-order valence-corrected chi connectivity index (χ0v) is 5.64. The first-order valence-corrected chi connectivity index (χ1v) is 2.82. The van der Waals surface area contributed by atoms with Crippen LogP contribution in [-0.4, -0.2) is 38.1 Å². The molecule has 0 bridgehead atoms. The normalized spacial score (nSPS) is 7.80. The molecule has 0 unspecified atom stereocenters. The van der Waals surface area contributed by atoms with Crippen molar-refractivity contribution in [2.75, 3.05) is 6.61 Å². The van der Waals surface area contributed by atoms with E-state index in [-0.39, 0.29) is 32.0 Å². The number of ether oxygens (including phenoxy) is 1. The quantitative estimate of drug-likeness (QED) is 0.347. The monoisotopic (exact) mass is 202 g/mol. The van der Waals surface area contributed by atoms with E-state index in [1.54, 1.807) is 6.92 Å². The van der Waals surface area contributed by atoms with Crippen molar-refractivity contribution in [3.8, 4) is 0 Å². The second-order valence-corrected chi connectivity index (χ2v) is 1.68. The van der Waals surface area contributed by atoms with Crippen LogP contribution in [0.25, 0.3) is 0 Å². The summed E-state index contributed by atoms with van der Waals surface area (Å²) in [5, 5.41) is 0. The average Bonchev–Trinajstić information content (AvgIpc) is 1.63. The van der Waals surface area contributed by atoms with E-state index in [4.69, 9.17) is 0 Å². The molecule has 3 nitrogen and oxygen atoms in total. The molecule has 0 rings (SSSR count). The van der Waals surface area contributed by atoms with E-state index < -0.39 is 5.97 Å². The molecule has 0 fully saturated rings. The third-order valence-electron chi connectivity index (χ3n) is 0.699. The van der Waals surface area contributed by atoms with Gasteiger partial charge in [-0.25, -0.2) is 0 Å². The van der Waals surface area contributed by atoms with Crippen molar-refractivity contribution in [1.82, 2.24) is 0 Å². The minimum atomic E-state index is -0.440. The van der Waals surface area contributed by atoms with E-state index in [2.05, 4.69) is 4.74 Å². The molecule has 0 saturated heterocycles. The van der Waals surface area contributed by atoms with Gasteiger partial charge in [-0.2, -0.15) is 0 Å². The van der Waals surface area contributed by atoms with Gasteiger partial charge in [-0.05, 0) is 13.8 Å². The molecule has 4 heteroatoms. The Balaban J connectivity index is 0. The molecular weight excluding hydrogens is 190 g/mol. The van der Waals surface area contributed by atoms with Gasteiger partial charge < -0.3 is 4.74 Å². The molecule has 0 aliphatic rings. The number of ketones is 1. The molecule has 0 N–H and O–H groups in total. The Morgan fingerprint density at radius 2 is 1.90 bits per heavy atom. The van der Waals surface area contributed by atoms with Crippen LogP contribution in [0, 0.1) is 0 Å². The fraction of sp³-hybridized carbons (Fsp3) is 0.667. The van der Waals surface area contributed by atoms with Gasteiger partial charge in [0, 0.05) is 0 Å². The summed E-state index contributed by atoms with van der Waals surface area (Å²) >= 11 is 0. The molecule has 0 aliphatic heterocycles. The van der Waals surface area contributed by atoms with Crippen molar-refractivity contribution in [1.29, 1.82) is 0 Å². The van der Waals surface area contributed by atoms with E-state index in [0.717, 1.165) is 0 Å². The summed E-state index contributed by atoms with van der Waals surface area (Å²) in [6.45, 7) is 3.40. The first-order valence-electron chi connectivity index (χ1n) is 2.82. The molecule has 0 aromatic rings. The zero-order chi connectivity index (χ0) is 7.28. The summed E-state index contributed by atoms with van der Waals surface area (Å²) in [6, 6.07) is 0. The van der Waals surface area contributed by atoms with Crippen LogP contribution in [0.2, 0.25) is 0 Å². The molecule has 0 atom stereocenters. The summed E-state index contributed by atoms with van der Waals surface area (Å²) in [7, 11) is 0. The number of Topliss-reactive ketones (excluding diaryl/α,β-unsaturated/α-hetero) is 1. The Morgan fingerprint density at radius 1 is 1.40 bits per heavy atom. The molecule has 58 valence electrons. The molecule has 0 aromatic heterocycles. The predicted molar refractivity (Wildman–Crippen MR) is 41.9 cm³/mol. The minimum absolute atomic E-state index is 0. The van der Waals surface area contributed by atoms with Crippen molar-refractivity contribution in [2.45, 2.75) is 20.3 Å². The van der Waals surface area contributed by atoms with E-state index in [1.807, 2.05) is 0 Å². The van der Waals surface area contributed by atoms with Crippen LogP contribution in [0.4, 0.5) is 0 Å². The standard InChI is InChI=1S/C6H10O3.Ga.3H/c1-3-9-6(8)4-5(2)7;;;;/h3-4H2,1-2H3;;;;. The Morgan fingerprint density at radius 3 is 2.20 bits per heavy atom. The molecule has 0 aliphatic carbocycles. The van der Waals surface area contributed by atoms with Crippen LogP contribution in [-0.2, 0) is 14.3 Å². The Bertz CT molecular complexity index is 122. The van der Waals surface area contributed by atoms with E-state index >= 15 is 0 Å². The van der Waals surface area contributed by atoms with E-state index in [0.29, 0.717) is 6.61 Å². The molecule has 0 aromatic carbocycles. The van der Waals surface area contributed by atoms with Crippen LogP contribution < -0.4 is 0 Å². The number of esters is 1. The van der Waals surface area contributed by atoms with Crippen LogP contribution >= 0.6 is 0 Å². The maximum atomic E-state index is 10.4. The van der Waals surface area contributed by atoms with Crippen molar-refractivity contribution in [2.24, 2.45) is 0 Å². The van der Waals surface area contributed by atoms with Crippen molar-refractivity contribution < 1.29 is 14.3 Å². The SMILES string of the molecule is CCOC(=O)CC(C)=O.[GaH3]. The number of carbonyl (C=O) groups is 2. The van der Waals surface area contributed by atoms with E-state index in [1.165, 1.54) is 6.92 Å². The van der Waals surface area contributed by atoms with Crippen LogP contribution in [0.15, 0.2) is 0 Å². The third-order valence-corrected chi connectivity index (χ3v) is 0.699. The predicted octanol–water partition coefficient (Wildman–Crippen LogP) is -0.655. The number of hydrogen-bond acceptors (Lipinski definition) is 3. The third kappa shape index (κ3) is 7.78. The van der Waals surface area contributed by atoms with E-state index in [9.17, 15) is 9.59 Å². The van der Waals surface area contributed by atoms with Crippen molar-refractivity contribution in [3.05, 3.63) is 0 Å². The number of hydrogen-bond donors (Lipinski definition) is 0. The molecule has 0 saturated carbocycles. The topological polar surface area (TPSA) is 43.4 Å². The zero-order valence-electron chi connectivity index (χ0n) is 5.64. The average molecular weight is 203 g/mol. The number of carbonyl (C=O) groups excluding carboxylic acids is 2. The Hall–Kier alpha value is -0.224. The Labute approximate surface area is 73.2 Å². The van der Waals surface area contributed by atoms with Crippen molar-refractivity contribution >= 4 is 31.5 Å². The van der Waals surface area contributed by atoms with Gasteiger partial charge in [0.1, 0.15) is 12.2 Å².